The van der Waals surface area contributed by atoms with E-state index in [1.165, 1.54) is 12.8 Å². The van der Waals surface area contributed by atoms with Crippen molar-refractivity contribution >= 4 is 0 Å². The van der Waals surface area contributed by atoms with Crippen LogP contribution in [0.3, 0.4) is 0 Å². The summed E-state index contributed by atoms with van der Waals surface area (Å²) in [5, 5.41) is 0. The van der Waals surface area contributed by atoms with Crippen molar-refractivity contribution in [3.63, 3.8) is 0 Å². The second kappa shape index (κ2) is 6.05. The predicted octanol–water partition coefficient (Wildman–Crippen LogP) is 4.15. The van der Waals surface area contributed by atoms with E-state index in [2.05, 4.69) is 45.9 Å². The van der Waals surface area contributed by atoms with Gasteiger partial charge in [-0.2, -0.15) is 0 Å². The molecule has 0 aliphatic carbocycles. The molecule has 0 bridgehead atoms. The normalized spacial score (nSPS) is 13.3. The third-order valence-corrected chi connectivity index (χ3v) is 2.64. The van der Waals surface area contributed by atoms with E-state index < -0.39 is 0 Å². The largest absolute Gasteiger partial charge is 0.0916 e. The van der Waals surface area contributed by atoms with Crippen LogP contribution in [0, 0.1) is 12.3 Å². The molecule has 0 saturated carbocycles. The smallest absolute Gasteiger partial charge is 0.00890 e. The minimum Gasteiger partial charge on any atom is -0.0916 e. The topological polar surface area (TPSA) is 0 Å². The number of hydrogen-bond donors (Lipinski definition) is 0. The number of rotatable bonds is 5. The fraction of sp³-hybridized carbons (Fsp3) is 0.583. The van der Waals surface area contributed by atoms with Gasteiger partial charge in [0.05, 0.1) is 0 Å². The van der Waals surface area contributed by atoms with E-state index in [1.807, 2.05) is 6.08 Å². The highest BCUT2D eigenvalue weighted by Gasteiger charge is 2.19. The van der Waals surface area contributed by atoms with Gasteiger partial charge in [-0.15, -0.1) is 0 Å². The van der Waals surface area contributed by atoms with E-state index in [0.717, 1.165) is 6.42 Å². The van der Waals surface area contributed by atoms with Gasteiger partial charge in [0.15, 0.2) is 0 Å². The monoisotopic (exact) mass is 165 g/mol. The molecule has 0 fully saturated rings. The molecule has 0 unspecified atom stereocenters. The van der Waals surface area contributed by atoms with Gasteiger partial charge >= 0.3 is 0 Å². The van der Waals surface area contributed by atoms with Crippen molar-refractivity contribution in [1.29, 1.82) is 0 Å². The highest BCUT2D eigenvalue weighted by atomic mass is 14.2. The summed E-state index contributed by atoms with van der Waals surface area (Å²) in [4.78, 5) is 0. The molecule has 0 aliphatic rings. The van der Waals surface area contributed by atoms with Crippen LogP contribution in [0.15, 0.2) is 24.3 Å². The van der Waals surface area contributed by atoms with Crippen LogP contribution in [0.25, 0.3) is 0 Å². The summed E-state index contributed by atoms with van der Waals surface area (Å²) < 4.78 is 0. The van der Waals surface area contributed by atoms with Crippen molar-refractivity contribution in [3.8, 4) is 0 Å². The lowest BCUT2D eigenvalue weighted by atomic mass is 9.79. The average Bonchev–Trinajstić information content (AvgIpc) is 2.13. The van der Waals surface area contributed by atoms with Gasteiger partial charge in [-0.3, -0.25) is 0 Å². The third kappa shape index (κ3) is 3.25. The van der Waals surface area contributed by atoms with Gasteiger partial charge in [0.1, 0.15) is 0 Å². The highest BCUT2D eigenvalue weighted by Crippen LogP contribution is 2.32. The van der Waals surface area contributed by atoms with Gasteiger partial charge in [0.25, 0.3) is 0 Å². The van der Waals surface area contributed by atoms with Crippen LogP contribution in [0.2, 0.25) is 0 Å². The molecular weight excluding hydrogens is 144 g/mol. The van der Waals surface area contributed by atoms with Gasteiger partial charge in [-0.25, -0.2) is 0 Å². The van der Waals surface area contributed by atoms with Gasteiger partial charge in [0, 0.05) is 0 Å². The minimum absolute atomic E-state index is 0.355. The van der Waals surface area contributed by atoms with Crippen LogP contribution in [0.1, 0.15) is 40.0 Å². The molecule has 1 radical (unpaired) electrons. The zero-order valence-electron chi connectivity index (χ0n) is 8.64. The molecule has 0 aliphatic heterocycles. The lowest BCUT2D eigenvalue weighted by Gasteiger charge is -2.26. The summed E-state index contributed by atoms with van der Waals surface area (Å²) in [6.45, 7) is 10.3. The van der Waals surface area contributed by atoms with Gasteiger partial charge in [0.2, 0.25) is 0 Å². The molecule has 0 rings (SSSR count). The fourth-order valence-corrected chi connectivity index (χ4v) is 1.44. The van der Waals surface area contributed by atoms with Crippen molar-refractivity contribution in [3.05, 3.63) is 31.2 Å². The SMILES string of the molecule is [CH2]C=CC(CC)(CC)CC=CC. The summed E-state index contributed by atoms with van der Waals surface area (Å²) in [7, 11) is 0. The zero-order valence-corrected chi connectivity index (χ0v) is 8.64. The maximum absolute atomic E-state index is 3.77. The van der Waals surface area contributed by atoms with Crippen molar-refractivity contribution in [1.82, 2.24) is 0 Å². The third-order valence-electron chi connectivity index (χ3n) is 2.64. The molecular formula is C12H21. The van der Waals surface area contributed by atoms with E-state index in [9.17, 15) is 0 Å². The molecule has 69 valence electrons. The molecule has 0 N–H and O–H groups in total. The van der Waals surface area contributed by atoms with Crippen molar-refractivity contribution < 1.29 is 0 Å². The first-order chi connectivity index (χ1) is 5.74. The van der Waals surface area contributed by atoms with E-state index in [-0.39, 0.29) is 0 Å². The van der Waals surface area contributed by atoms with Crippen molar-refractivity contribution in [2.75, 3.05) is 0 Å². The van der Waals surface area contributed by atoms with Gasteiger partial charge in [-0.1, -0.05) is 38.2 Å². The van der Waals surface area contributed by atoms with Gasteiger partial charge in [-0.05, 0) is 38.5 Å². The average molecular weight is 165 g/mol. The Kier molecular flexibility index (Phi) is 5.79. The lowest BCUT2D eigenvalue weighted by Crippen LogP contribution is -2.14. The summed E-state index contributed by atoms with van der Waals surface area (Å²) in [6.07, 6.45) is 12.1. The highest BCUT2D eigenvalue weighted by molar-refractivity contribution is 5.03. The first-order valence-corrected chi connectivity index (χ1v) is 4.82. The first kappa shape index (κ1) is 11.5. The molecule has 0 aromatic rings. The molecule has 0 spiro atoms. The number of allylic oxidation sites excluding steroid dienone is 4. The second-order valence-electron chi connectivity index (χ2n) is 3.25. The van der Waals surface area contributed by atoms with E-state index in [0.29, 0.717) is 5.41 Å². The molecule has 0 heteroatoms. The van der Waals surface area contributed by atoms with Crippen LogP contribution in [0.4, 0.5) is 0 Å². The van der Waals surface area contributed by atoms with E-state index >= 15 is 0 Å². The van der Waals surface area contributed by atoms with Crippen LogP contribution in [-0.2, 0) is 0 Å². The lowest BCUT2D eigenvalue weighted by molar-refractivity contribution is 0.357. The second-order valence-corrected chi connectivity index (χ2v) is 3.25. The molecule has 0 atom stereocenters. The van der Waals surface area contributed by atoms with Gasteiger partial charge < -0.3 is 0 Å². The summed E-state index contributed by atoms with van der Waals surface area (Å²) >= 11 is 0. The standard InChI is InChI=1S/C12H21/c1-5-9-11-12(7-3,8-4)10-6-2/h5-6,9-10H,2,7-8,11H2,1,3-4H3. The molecule has 0 heterocycles. The predicted molar refractivity (Wildman–Crippen MR) is 56.9 cm³/mol. The summed E-state index contributed by atoms with van der Waals surface area (Å²) in [6, 6.07) is 0. The van der Waals surface area contributed by atoms with E-state index in [4.69, 9.17) is 0 Å². The molecule has 0 amide bonds. The van der Waals surface area contributed by atoms with Crippen molar-refractivity contribution in [2.24, 2.45) is 5.41 Å². The number of hydrogen-bond acceptors (Lipinski definition) is 0. The molecule has 0 aromatic carbocycles. The molecule has 0 nitrogen and oxygen atoms in total. The van der Waals surface area contributed by atoms with Crippen LogP contribution in [0.5, 0.6) is 0 Å². The summed E-state index contributed by atoms with van der Waals surface area (Å²) in [5.41, 5.74) is 0.355. The molecule has 0 aromatic heterocycles. The minimum atomic E-state index is 0.355. The Morgan fingerprint density at radius 3 is 2.17 bits per heavy atom. The Morgan fingerprint density at radius 2 is 1.83 bits per heavy atom. The Balaban J connectivity index is 4.34. The van der Waals surface area contributed by atoms with Crippen LogP contribution < -0.4 is 0 Å². The van der Waals surface area contributed by atoms with Crippen molar-refractivity contribution in [2.45, 2.75) is 40.0 Å². The Morgan fingerprint density at radius 1 is 1.25 bits per heavy atom. The molecule has 0 saturated heterocycles. The Labute approximate surface area is 77.4 Å². The van der Waals surface area contributed by atoms with Crippen LogP contribution >= 0.6 is 0 Å². The summed E-state index contributed by atoms with van der Waals surface area (Å²) in [5.74, 6) is 0. The maximum Gasteiger partial charge on any atom is -0.00890 e. The zero-order chi connectivity index (χ0) is 9.45. The quantitative estimate of drug-likeness (QED) is 0.537. The fourth-order valence-electron chi connectivity index (χ4n) is 1.44. The first-order valence-electron chi connectivity index (χ1n) is 4.82. The Hall–Kier alpha value is -0.520. The Bertz CT molecular complexity index is 147. The van der Waals surface area contributed by atoms with E-state index in [1.54, 1.807) is 0 Å². The molecule has 12 heavy (non-hydrogen) atoms. The maximum atomic E-state index is 3.77. The van der Waals surface area contributed by atoms with Crippen LogP contribution in [-0.4, -0.2) is 0 Å².